The van der Waals surface area contributed by atoms with Gasteiger partial charge in [0.25, 0.3) is 0 Å². The monoisotopic (exact) mass is 256 g/mol. The predicted octanol–water partition coefficient (Wildman–Crippen LogP) is -0.0141. The van der Waals surface area contributed by atoms with Gasteiger partial charge in [0, 0.05) is 19.7 Å². The third-order valence-corrected chi connectivity index (χ3v) is 4.19. The van der Waals surface area contributed by atoms with Crippen molar-refractivity contribution in [3.63, 3.8) is 0 Å². The fourth-order valence-corrected chi connectivity index (χ4v) is 2.58. The predicted molar refractivity (Wildman–Crippen MR) is 68.2 cm³/mol. The smallest absolute Gasteiger partial charge is 0.239 e. The fourth-order valence-electron chi connectivity index (χ4n) is 2.58. The molecule has 1 saturated heterocycles. The molecule has 1 amide bonds. The number of likely N-dealkylation sites (N-methyl/N-ethyl adjacent to an activating group) is 1. The molecule has 0 spiro atoms. The normalized spacial score (nSPS) is 26.9. The molecule has 2 rings (SSSR count). The summed E-state index contributed by atoms with van der Waals surface area (Å²) in [6, 6.07) is -0.145. The minimum Gasteiger partial charge on any atom is -0.396 e. The van der Waals surface area contributed by atoms with E-state index in [1.807, 2.05) is 0 Å². The number of amides is 1. The first kappa shape index (κ1) is 13.8. The SMILES string of the molecule is CCN1CCOCC1C(=O)NCC1(CCO)CC1. The van der Waals surface area contributed by atoms with E-state index in [4.69, 9.17) is 9.84 Å². The molecule has 0 aromatic rings. The van der Waals surface area contributed by atoms with E-state index in [-0.39, 0.29) is 24.0 Å². The molecule has 1 saturated carbocycles. The highest BCUT2D eigenvalue weighted by molar-refractivity contribution is 5.82. The topological polar surface area (TPSA) is 61.8 Å². The van der Waals surface area contributed by atoms with Crippen LogP contribution in [0.15, 0.2) is 0 Å². The zero-order valence-corrected chi connectivity index (χ0v) is 11.2. The van der Waals surface area contributed by atoms with E-state index in [0.29, 0.717) is 19.8 Å². The molecular weight excluding hydrogens is 232 g/mol. The number of carbonyl (C=O) groups excluding carboxylic acids is 1. The van der Waals surface area contributed by atoms with Gasteiger partial charge in [0.1, 0.15) is 6.04 Å². The van der Waals surface area contributed by atoms with Gasteiger partial charge in [0.15, 0.2) is 0 Å². The first-order valence-electron chi connectivity index (χ1n) is 6.91. The van der Waals surface area contributed by atoms with Gasteiger partial charge < -0.3 is 15.2 Å². The van der Waals surface area contributed by atoms with Crippen molar-refractivity contribution in [2.24, 2.45) is 5.41 Å². The van der Waals surface area contributed by atoms with Crippen molar-refractivity contribution in [3.8, 4) is 0 Å². The molecule has 2 N–H and O–H groups in total. The van der Waals surface area contributed by atoms with Gasteiger partial charge in [-0.1, -0.05) is 6.92 Å². The number of hydrogen-bond donors (Lipinski definition) is 2. The average molecular weight is 256 g/mol. The van der Waals surface area contributed by atoms with Crippen LogP contribution in [0, 0.1) is 5.41 Å². The number of ether oxygens (including phenoxy) is 1. The van der Waals surface area contributed by atoms with Gasteiger partial charge in [0.05, 0.1) is 13.2 Å². The number of hydrogen-bond acceptors (Lipinski definition) is 4. The van der Waals surface area contributed by atoms with Gasteiger partial charge in [-0.2, -0.15) is 0 Å². The zero-order chi connectivity index (χ0) is 13.0. The molecule has 0 bridgehead atoms. The Morgan fingerprint density at radius 2 is 2.33 bits per heavy atom. The summed E-state index contributed by atoms with van der Waals surface area (Å²) in [6.45, 7) is 5.89. The van der Waals surface area contributed by atoms with Gasteiger partial charge in [-0.3, -0.25) is 9.69 Å². The second kappa shape index (κ2) is 5.99. The second-order valence-electron chi connectivity index (χ2n) is 5.41. The summed E-state index contributed by atoms with van der Waals surface area (Å²) >= 11 is 0. The van der Waals surface area contributed by atoms with E-state index in [1.165, 1.54) is 0 Å². The number of morpholine rings is 1. The lowest BCUT2D eigenvalue weighted by atomic mass is 10.0. The number of aliphatic hydroxyl groups excluding tert-OH is 1. The molecule has 5 heteroatoms. The highest BCUT2D eigenvalue weighted by Gasteiger charge is 2.42. The molecule has 5 nitrogen and oxygen atoms in total. The van der Waals surface area contributed by atoms with E-state index < -0.39 is 0 Å². The summed E-state index contributed by atoms with van der Waals surface area (Å²) < 4.78 is 5.39. The number of nitrogens with one attached hydrogen (secondary N) is 1. The van der Waals surface area contributed by atoms with Crippen LogP contribution in [-0.4, -0.2) is 61.4 Å². The molecule has 0 aromatic heterocycles. The van der Waals surface area contributed by atoms with Crippen LogP contribution in [0.1, 0.15) is 26.2 Å². The Morgan fingerprint density at radius 3 is 2.94 bits per heavy atom. The van der Waals surface area contributed by atoms with Crippen molar-refractivity contribution >= 4 is 5.91 Å². The van der Waals surface area contributed by atoms with Gasteiger partial charge >= 0.3 is 0 Å². The maximum atomic E-state index is 12.2. The molecule has 2 fully saturated rings. The summed E-state index contributed by atoms with van der Waals surface area (Å²) in [5.41, 5.74) is 0.178. The van der Waals surface area contributed by atoms with Gasteiger partial charge in [-0.15, -0.1) is 0 Å². The maximum absolute atomic E-state index is 12.2. The van der Waals surface area contributed by atoms with Crippen LogP contribution in [0.25, 0.3) is 0 Å². The van der Waals surface area contributed by atoms with Crippen LogP contribution >= 0.6 is 0 Å². The Kier molecular flexibility index (Phi) is 4.59. The molecule has 18 heavy (non-hydrogen) atoms. The van der Waals surface area contributed by atoms with Crippen molar-refractivity contribution in [2.75, 3.05) is 39.5 Å². The van der Waals surface area contributed by atoms with Crippen molar-refractivity contribution in [1.82, 2.24) is 10.2 Å². The summed E-state index contributed by atoms with van der Waals surface area (Å²) in [5, 5.41) is 12.0. The van der Waals surface area contributed by atoms with Crippen LogP contribution < -0.4 is 5.32 Å². The second-order valence-corrected chi connectivity index (χ2v) is 5.41. The lowest BCUT2D eigenvalue weighted by Gasteiger charge is -2.33. The number of aliphatic hydroxyl groups is 1. The Labute approximate surface area is 108 Å². The van der Waals surface area contributed by atoms with Crippen LogP contribution in [0.5, 0.6) is 0 Å². The molecule has 104 valence electrons. The molecule has 1 aliphatic heterocycles. The molecular formula is C13H24N2O3. The average Bonchev–Trinajstić information content (AvgIpc) is 3.16. The molecule has 1 aliphatic carbocycles. The summed E-state index contributed by atoms with van der Waals surface area (Å²) in [7, 11) is 0. The quantitative estimate of drug-likeness (QED) is 0.701. The van der Waals surface area contributed by atoms with Crippen molar-refractivity contribution in [2.45, 2.75) is 32.2 Å². The lowest BCUT2D eigenvalue weighted by molar-refractivity contribution is -0.132. The number of carbonyl (C=O) groups is 1. The first-order chi connectivity index (χ1) is 8.71. The Balaban J connectivity index is 1.80. The van der Waals surface area contributed by atoms with E-state index in [0.717, 1.165) is 32.4 Å². The Bertz CT molecular complexity index is 292. The van der Waals surface area contributed by atoms with Crippen LogP contribution in [-0.2, 0) is 9.53 Å². The van der Waals surface area contributed by atoms with Crippen LogP contribution in [0.3, 0.4) is 0 Å². The molecule has 0 aromatic carbocycles. The van der Waals surface area contributed by atoms with Gasteiger partial charge in [-0.25, -0.2) is 0 Å². The number of rotatable bonds is 6. The van der Waals surface area contributed by atoms with Crippen LogP contribution in [0.4, 0.5) is 0 Å². The van der Waals surface area contributed by atoms with Crippen molar-refractivity contribution < 1.29 is 14.6 Å². The van der Waals surface area contributed by atoms with Crippen molar-refractivity contribution in [1.29, 1.82) is 0 Å². The third kappa shape index (κ3) is 3.22. The molecule has 0 radical (unpaired) electrons. The third-order valence-electron chi connectivity index (χ3n) is 4.19. The lowest BCUT2D eigenvalue weighted by Crippen LogP contribution is -2.54. The number of nitrogens with zero attached hydrogens (tertiary/aromatic N) is 1. The first-order valence-corrected chi connectivity index (χ1v) is 6.91. The fraction of sp³-hybridized carbons (Fsp3) is 0.923. The largest absolute Gasteiger partial charge is 0.396 e. The van der Waals surface area contributed by atoms with E-state index in [9.17, 15) is 4.79 Å². The maximum Gasteiger partial charge on any atom is 0.239 e. The minimum absolute atomic E-state index is 0.0702. The molecule has 2 aliphatic rings. The summed E-state index contributed by atoms with van der Waals surface area (Å²) in [4.78, 5) is 14.3. The minimum atomic E-state index is -0.145. The summed E-state index contributed by atoms with van der Waals surface area (Å²) in [6.07, 6.45) is 3.03. The van der Waals surface area contributed by atoms with Gasteiger partial charge in [-0.05, 0) is 31.2 Å². The van der Waals surface area contributed by atoms with Crippen LogP contribution in [0.2, 0.25) is 0 Å². The highest BCUT2D eigenvalue weighted by atomic mass is 16.5. The standard InChI is InChI=1S/C13H24N2O3/c1-2-15-6-8-18-9-11(15)12(17)14-10-13(3-4-13)5-7-16/h11,16H,2-10H2,1H3,(H,14,17). The Morgan fingerprint density at radius 1 is 1.56 bits per heavy atom. The van der Waals surface area contributed by atoms with E-state index in [2.05, 4.69) is 17.1 Å². The molecule has 1 heterocycles. The van der Waals surface area contributed by atoms with E-state index in [1.54, 1.807) is 0 Å². The zero-order valence-electron chi connectivity index (χ0n) is 11.2. The van der Waals surface area contributed by atoms with Gasteiger partial charge in [0.2, 0.25) is 5.91 Å². The molecule has 1 unspecified atom stereocenters. The highest BCUT2D eigenvalue weighted by Crippen LogP contribution is 2.47. The molecule has 1 atom stereocenters. The van der Waals surface area contributed by atoms with Crippen molar-refractivity contribution in [3.05, 3.63) is 0 Å². The van der Waals surface area contributed by atoms with E-state index >= 15 is 0 Å². The Hall–Kier alpha value is -0.650. The summed E-state index contributed by atoms with van der Waals surface area (Å²) in [5.74, 6) is 0.0702.